The van der Waals surface area contributed by atoms with Crippen molar-refractivity contribution < 1.29 is 9.50 Å². The van der Waals surface area contributed by atoms with Crippen LogP contribution in [0.3, 0.4) is 0 Å². The summed E-state index contributed by atoms with van der Waals surface area (Å²) in [6.45, 7) is 0. The summed E-state index contributed by atoms with van der Waals surface area (Å²) >= 11 is 5.85. The van der Waals surface area contributed by atoms with Crippen molar-refractivity contribution in [1.82, 2.24) is 0 Å². The van der Waals surface area contributed by atoms with Gasteiger partial charge in [0.05, 0.1) is 6.10 Å². The van der Waals surface area contributed by atoms with Gasteiger partial charge in [0.25, 0.3) is 0 Å². The highest BCUT2D eigenvalue weighted by atomic mass is 35.5. The van der Waals surface area contributed by atoms with Crippen LogP contribution in [0.15, 0.2) is 18.2 Å². The van der Waals surface area contributed by atoms with Gasteiger partial charge in [-0.25, -0.2) is 4.39 Å². The number of hydrogen-bond acceptors (Lipinski definition) is 1. The number of aliphatic hydroxyl groups excluding tert-OH is 1. The minimum absolute atomic E-state index is 0.277. The summed E-state index contributed by atoms with van der Waals surface area (Å²) in [5.41, 5.74) is 0.517. The molecule has 106 valence electrons. The molecule has 1 fully saturated rings. The third-order valence-corrected chi connectivity index (χ3v) is 4.33. The van der Waals surface area contributed by atoms with Gasteiger partial charge < -0.3 is 5.11 Å². The minimum atomic E-state index is -0.463. The highest BCUT2D eigenvalue weighted by Crippen LogP contribution is 2.28. The van der Waals surface area contributed by atoms with Gasteiger partial charge in [-0.3, -0.25) is 0 Å². The summed E-state index contributed by atoms with van der Waals surface area (Å²) in [6.07, 6.45) is 8.30. The number of benzene rings is 1. The van der Waals surface area contributed by atoms with Crippen molar-refractivity contribution in [2.45, 2.75) is 57.5 Å². The SMILES string of the molecule is OC(CCC1CCCCC1)Cc1cc(Cl)ccc1F. The van der Waals surface area contributed by atoms with E-state index < -0.39 is 6.10 Å². The van der Waals surface area contributed by atoms with E-state index in [0.717, 1.165) is 18.8 Å². The number of hydrogen-bond donors (Lipinski definition) is 1. The molecule has 0 aromatic heterocycles. The standard InChI is InChI=1S/C16H22ClFO/c17-14-7-9-16(18)13(10-14)11-15(19)8-6-12-4-2-1-3-5-12/h7,9-10,12,15,19H,1-6,8,11H2. The first kappa shape index (κ1) is 14.8. The topological polar surface area (TPSA) is 20.2 Å². The van der Waals surface area contributed by atoms with Crippen molar-refractivity contribution in [3.8, 4) is 0 Å². The third kappa shape index (κ3) is 4.77. The van der Waals surface area contributed by atoms with Crippen LogP contribution in [0.1, 0.15) is 50.5 Å². The van der Waals surface area contributed by atoms with Gasteiger partial charge in [-0.1, -0.05) is 43.7 Å². The van der Waals surface area contributed by atoms with Crippen LogP contribution in [0, 0.1) is 11.7 Å². The smallest absolute Gasteiger partial charge is 0.126 e. The lowest BCUT2D eigenvalue weighted by Gasteiger charge is -2.22. The lowest BCUT2D eigenvalue weighted by Crippen LogP contribution is -2.15. The summed E-state index contributed by atoms with van der Waals surface area (Å²) in [7, 11) is 0. The van der Waals surface area contributed by atoms with Gasteiger partial charge in [0.15, 0.2) is 0 Å². The van der Waals surface area contributed by atoms with Gasteiger partial charge in [0, 0.05) is 11.4 Å². The molecule has 1 unspecified atom stereocenters. The van der Waals surface area contributed by atoms with E-state index in [0.29, 0.717) is 17.0 Å². The van der Waals surface area contributed by atoms with E-state index in [1.807, 2.05) is 0 Å². The van der Waals surface area contributed by atoms with E-state index >= 15 is 0 Å². The summed E-state index contributed by atoms with van der Waals surface area (Å²) in [5, 5.41) is 10.6. The van der Waals surface area contributed by atoms with Gasteiger partial charge in [-0.05, 0) is 42.5 Å². The molecule has 0 aliphatic heterocycles. The van der Waals surface area contributed by atoms with E-state index in [9.17, 15) is 9.50 Å². The molecule has 1 aliphatic rings. The third-order valence-electron chi connectivity index (χ3n) is 4.10. The predicted octanol–water partition coefficient (Wildman–Crippen LogP) is 4.74. The summed E-state index contributed by atoms with van der Waals surface area (Å²) < 4.78 is 13.6. The zero-order valence-corrected chi connectivity index (χ0v) is 12.0. The molecular formula is C16H22ClFO. The Kier molecular flexibility index (Phi) is 5.65. The van der Waals surface area contributed by atoms with Crippen molar-refractivity contribution in [1.29, 1.82) is 0 Å². The molecule has 1 atom stereocenters. The fourth-order valence-corrected chi connectivity index (χ4v) is 3.15. The van der Waals surface area contributed by atoms with Crippen LogP contribution >= 0.6 is 11.6 Å². The first-order valence-corrected chi connectivity index (χ1v) is 7.65. The van der Waals surface area contributed by atoms with Gasteiger partial charge in [0.1, 0.15) is 5.82 Å². The lowest BCUT2D eigenvalue weighted by molar-refractivity contribution is 0.148. The van der Waals surface area contributed by atoms with Crippen LogP contribution < -0.4 is 0 Å². The fraction of sp³-hybridized carbons (Fsp3) is 0.625. The molecule has 1 nitrogen and oxygen atoms in total. The molecule has 0 bridgehead atoms. The van der Waals surface area contributed by atoms with E-state index in [1.54, 1.807) is 6.07 Å². The normalized spacial score (nSPS) is 18.5. The van der Waals surface area contributed by atoms with Gasteiger partial charge in [-0.15, -0.1) is 0 Å². The van der Waals surface area contributed by atoms with Crippen LogP contribution in [-0.2, 0) is 6.42 Å². The van der Waals surface area contributed by atoms with E-state index in [2.05, 4.69) is 0 Å². The lowest BCUT2D eigenvalue weighted by atomic mass is 9.85. The Labute approximate surface area is 119 Å². The van der Waals surface area contributed by atoms with Crippen LogP contribution in [0.5, 0.6) is 0 Å². The van der Waals surface area contributed by atoms with Crippen molar-refractivity contribution in [2.24, 2.45) is 5.92 Å². The molecular weight excluding hydrogens is 263 g/mol. The quantitative estimate of drug-likeness (QED) is 0.828. The first-order valence-electron chi connectivity index (χ1n) is 7.27. The monoisotopic (exact) mass is 284 g/mol. The second kappa shape index (κ2) is 7.25. The van der Waals surface area contributed by atoms with E-state index in [1.165, 1.54) is 44.2 Å². The molecule has 0 saturated heterocycles. The molecule has 1 aliphatic carbocycles. The number of halogens is 2. The molecule has 1 N–H and O–H groups in total. The van der Waals surface area contributed by atoms with Crippen LogP contribution in [0.4, 0.5) is 4.39 Å². The van der Waals surface area contributed by atoms with Gasteiger partial charge >= 0.3 is 0 Å². The summed E-state index contributed by atoms with van der Waals surface area (Å²) in [5.74, 6) is 0.480. The van der Waals surface area contributed by atoms with Crippen molar-refractivity contribution in [3.63, 3.8) is 0 Å². The Hall–Kier alpha value is -0.600. The van der Waals surface area contributed by atoms with Gasteiger partial charge in [0.2, 0.25) is 0 Å². The Balaban J connectivity index is 1.80. The van der Waals surface area contributed by atoms with Crippen molar-refractivity contribution in [3.05, 3.63) is 34.6 Å². The second-order valence-electron chi connectivity index (χ2n) is 5.68. The highest BCUT2D eigenvalue weighted by Gasteiger charge is 2.16. The number of rotatable bonds is 5. The predicted molar refractivity (Wildman–Crippen MR) is 76.9 cm³/mol. The largest absolute Gasteiger partial charge is 0.393 e. The minimum Gasteiger partial charge on any atom is -0.393 e. The molecule has 0 heterocycles. The molecule has 19 heavy (non-hydrogen) atoms. The van der Waals surface area contributed by atoms with Crippen LogP contribution in [0.2, 0.25) is 5.02 Å². The Morgan fingerprint density at radius 1 is 1.26 bits per heavy atom. The second-order valence-corrected chi connectivity index (χ2v) is 6.11. The first-order chi connectivity index (χ1) is 9.15. The molecule has 1 aromatic rings. The van der Waals surface area contributed by atoms with Gasteiger partial charge in [-0.2, -0.15) is 0 Å². The molecule has 2 rings (SSSR count). The molecule has 0 spiro atoms. The Morgan fingerprint density at radius 2 is 2.00 bits per heavy atom. The Morgan fingerprint density at radius 3 is 2.74 bits per heavy atom. The zero-order valence-electron chi connectivity index (χ0n) is 11.2. The van der Waals surface area contributed by atoms with Crippen molar-refractivity contribution in [2.75, 3.05) is 0 Å². The molecule has 1 aromatic carbocycles. The van der Waals surface area contributed by atoms with E-state index in [-0.39, 0.29) is 5.82 Å². The molecule has 1 saturated carbocycles. The van der Waals surface area contributed by atoms with Crippen LogP contribution in [0.25, 0.3) is 0 Å². The average molecular weight is 285 g/mol. The maximum Gasteiger partial charge on any atom is 0.126 e. The highest BCUT2D eigenvalue weighted by molar-refractivity contribution is 6.30. The van der Waals surface area contributed by atoms with Crippen molar-refractivity contribution >= 4 is 11.6 Å². The fourth-order valence-electron chi connectivity index (χ4n) is 2.96. The summed E-state index contributed by atoms with van der Waals surface area (Å²) in [4.78, 5) is 0. The molecule has 0 radical (unpaired) electrons. The average Bonchev–Trinajstić information content (AvgIpc) is 2.42. The summed E-state index contributed by atoms with van der Waals surface area (Å²) in [6, 6.07) is 4.51. The maximum absolute atomic E-state index is 13.6. The number of aliphatic hydroxyl groups is 1. The van der Waals surface area contributed by atoms with E-state index in [4.69, 9.17) is 11.6 Å². The molecule has 0 amide bonds. The molecule has 3 heteroatoms. The Bertz CT molecular complexity index is 402. The zero-order chi connectivity index (χ0) is 13.7. The maximum atomic E-state index is 13.6. The van der Waals surface area contributed by atoms with Crippen LogP contribution in [-0.4, -0.2) is 11.2 Å².